The highest BCUT2D eigenvalue weighted by Gasteiger charge is 2.94. The molecule has 0 saturated carbocycles. The molecule has 0 fully saturated rings. The third kappa shape index (κ3) is 3.98. The summed E-state index contributed by atoms with van der Waals surface area (Å²) in [6.45, 7) is 0. The lowest BCUT2D eigenvalue weighted by Gasteiger charge is -2.41. The van der Waals surface area contributed by atoms with Crippen LogP contribution in [0.15, 0.2) is 0 Å². The van der Waals surface area contributed by atoms with Crippen molar-refractivity contribution in [3.05, 3.63) is 0 Å². The molecule has 0 amide bonds. The molecule has 0 radical (unpaired) electrons. The summed E-state index contributed by atoms with van der Waals surface area (Å²) in [6, 6.07) is 0. The van der Waals surface area contributed by atoms with Crippen molar-refractivity contribution in [3.8, 4) is 0 Å². The van der Waals surface area contributed by atoms with Crippen LogP contribution in [0.3, 0.4) is 0 Å². The van der Waals surface area contributed by atoms with Crippen molar-refractivity contribution < 1.29 is 82.7 Å². The van der Waals surface area contributed by atoms with E-state index in [4.69, 9.17) is 0 Å². The first kappa shape index (κ1) is 29.1. The summed E-state index contributed by atoms with van der Waals surface area (Å²) in [7, 11) is -9.97. The highest BCUT2D eigenvalue weighted by Crippen LogP contribution is 2.62. The van der Waals surface area contributed by atoms with E-state index < -0.39 is 64.4 Å². The second-order valence-electron chi connectivity index (χ2n) is 4.91. The molecule has 0 aliphatic rings. The van der Waals surface area contributed by atoms with Crippen molar-refractivity contribution >= 4 is 29.9 Å². The van der Waals surface area contributed by atoms with Gasteiger partial charge in [0.05, 0.1) is 0 Å². The Labute approximate surface area is 158 Å². The molecule has 0 saturated heterocycles. The molecule has 182 valence electrons. The van der Waals surface area contributed by atoms with E-state index in [9.17, 15) is 82.7 Å². The summed E-state index contributed by atoms with van der Waals surface area (Å²) in [5, 5.41) is -7.86. The molecule has 0 heterocycles. The minimum Gasteiger partial charge on any atom is -0.205 e. The van der Waals surface area contributed by atoms with Crippen molar-refractivity contribution in [1.29, 1.82) is 0 Å². The molecule has 1 N–H and O–H groups in total. The van der Waals surface area contributed by atoms with E-state index in [2.05, 4.69) is 10.7 Å². The van der Waals surface area contributed by atoms with Gasteiger partial charge in [0.1, 0.15) is 0 Å². The highest BCUT2D eigenvalue weighted by atomic mass is 35.7. The first-order valence-corrected chi connectivity index (χ1v) is 9.56. The molecule has 0 atom stereocenters. The largest absolute Gasteiger partial charge is 0.460 e. The number of halogens is 16. The third-order valence-corrected chi connectivity index (χ3v) is 6.02. The molecule has 0 unspecified atom stereocenters. The van der Waals surface area contributed by atoms with Gasteiger partial charge >= 0.3 is 50.3 Å². The summed E-state index contributed by atoms with van der Waals surface area (Å²) in [5.41, 5.74) is 0. The maximum Gasteiger partial charge on any atom is 0.460 e. The molecule has 5 nitrogen and oxygen atoms in total. The van der Waals surface area contributed by atoms with Gasteiger partial charge in [0.15, 0.2) is 0 Å². The lowest BCUT2D eigenvalue weighted by molar-refractivity contribution is -0.447. The van der Waals surface area contributed by atoms with Gasteiger partial charge in [-0.05, 0) is 0 Å². The Hall–Kier alpha value is -0.900. The topological polar surface area (TPSA) is 80.3 Å². The van der Waals surface area contributed by atoms with Crippen LogP contribution in [0.1, 0.15) is 0 Å². The van der Waals surface area contributed by atoms with Crippen LogP contribution in [-0.4, -0.2) is 57.9 Å². The Morgan fingerprint density at radius 2 is 0.767 bits per heavy atom. The lowest BCUT2D eigenvalue weighted by Crippen LogP contribution is -2.73. The molecule has 0 aliphatic heterocycles. The Bertz CT molecular complexity index is 877. The molecule has 0 aromatic carbocycles. The van der Waals surface area contributed by atoms with Crippen LogP contribution in [0.25, 0.3) is 0 Å². The molecule has 0 spiro atoms. The fourth-order valence-corrected chi connectivity index (χ4v) is 3.98. The summed E-state index contributed by atoms with van der Waals surface area (Å²) >= 11 is 0. The molecule has 0 bridgehead atoms. The monoisotopic (exact) mass is 547 g/mol. The van der Waals surface area contributed by atoms with E-state index in [-0.39, 0.29) is 0 Å². The van der Waals surface area contributed by atoms with Crippen LogP contribution < -0.4 is 4.13 Å². The second-order valence-corrected chi connectivity index (χ2v) is 9.19. The fourth-order valence-electron chi connectivity index (χ4n) is 1.30. The molecule has 0 aromatic rings. The van der Waals surface area contributed by atoms with Crippen LogP contribution in [-0.2, 0) is 19.3 Å². The van der Waals surface area contributed by atoms with Gasteiger partial charge in [0.2, 0.25) is 0 Å². The van der Waals surface area contributed by atoms with Crippen molar-refractivity contribution in [2.45, 2.75) is 41.0 Å². The summed E-state index contributed by atoms with van der Waals surface area (Å²) in [5.74, 6) is -42.7. The van der Waals surface area contributed by atoms with E-state index >= 15 is 0 Å². The first-order valence-electron chi connectivity index (χ1n) is 5.77. The predicted molar refractivity (Wildman–Crippen MR) is 62.6 cm³/mol. The Balaban J connectivity index is 6.85. The van der Waals surface area contributed by atoms with Crippen LogP contribution in [0, 0.1) is 0 Å². The maximum absolute atomic E-state index is 13.3. The van der Waals surface area contributed by atoms with Crippen LogP contribution in [0.4, 0.5) is 65.9 Å². The van der Waals surface area contributed by atoms with E-state index in [0.717, 1.165) is 0 Å². The Kier molecular flexibility index (Phi) is 6.84. The van der Waals surface area contributed by atoms with E-state index in [0.29, 0.717) is 0 Å². The zero-order valence-corrected chi connectivity index (χ0v) is 14.9. The number of hydrogen-bond acceptors (Lipinski definition) is 4. The van der Waals surface area contributed by atoms with Crippen molar-refractivity contribution in [1.82, 2.24) is 4.13 Å². The summed E-state index contributed by atoms with van der Waals surface area (Å²) in [6.07, 6.45) is -7.83. The number of hydrogen-bond donors (Lipinski definition) is 1. The Morgan fingerprint density at radius 1 is 0.500 bits per heavy atom. The lowest BCUT2D eigenvalue weighted by atomic mass is 9.94. The van der Waals surface area contributed by atoms with Gasteiger partial charge in [0.25, 0.3) is 10.0 Å². The van der Waals surface area contributed by atoms with Gasteiger partial charge in [-0.25, -0.2) is 8.42 Å². The minimum atomic E-state index is -8.72. The molecule has 30 heavy (non-hydrogen) atoms. The Morgan fingerprint density at radius 3 is 1.03 bits per heavy atom. The quantitative estimate of drug-likeness (QED) is 0.371. The predicted octanol–water partition coefficient (Wildman–Crippen LogP) is 3.72. The molecule has 0 rings (SSSR count). The highest BCUT2D eigenvalue weighted by molar-refractivity contribution is 8.19. The molecular formula is C7HClF15NO4S2. The average molecular weight is 548 g/mol. The first-order chi connectivity index (χ1) is 12.5. The van der Waals surface area contributed by atoms with Gasteiger partial charge in [-0.1, -0.05) is 4.13 Å². The summed E-state index contributed by atoms with van der Waals surface area (Å²) in [4.78, 5) is 0. The standard InChI is InChI=1S/C7HClF15NO4S2/c8-30(27,28)24-29(25,26)7(22,23)5(17,18)3(13,14)1(9,10)2(11,12)4(15,16)6(19,20)21/h24H. The van der Waals surface area contributed by atoms with E-state index in [1.807, 2.05) is 0 Å². The second kappa shape index (κ2) is 7.05. The SMILES string of the molecule is O=S(=O)(Cl)NS(=O)(=O)C(F)(F)C(F)(F)C(F)(F)C(F)(F)C(F)(F)C(F)(F)C(F)(F)F. The van der Waals surface area contributed by atoms with Gasteiger partial charge in [-0.3, -0.25) is 0 Å². The van der Waals surface area contributed by atoms with Crippen molar-refractivity contribution in [3.63, 3.8) is 0 Å². The molecular weight excluding hydrogens is 547 g/mol. The number of nitrogens with one attached hydrogen (secondary N) is 1. The van der Waals surface area contributed by atoms with Gasteiger partial charge in [0, 0.05) is 10.7 Å². The van der Waals surface area contributed by atoms with Crippen LogP contribution in [0.5, 0.6) is 0 Å². The van der Waals surface area contributed by atoms with Crippen molar-refractivity contribution in [2.24, 2.45) is 0 Å². The fraction of sp³-hybridized carbons (Fsp3) is 1.00. The minimum absolute atomic E-state index is 0.655. The summed E-state index contributed by atoms with van der Waals surface area (Å²) < 4.78 is 234. The number of sulfonamides is 1. The van der Waals surface area contributed by atoms with E-state index in [1.54, 1.807) is 0 Å². The zero-order chi connectivity index (χ0) is 25.2. The normalized spacial score (nSPS) is 16.7. The van der Waals surface area contributed by atoms with Gasteiger partial charge in [-0.15, -0.1) is 0 Å². The number of rotatable bonds is 8. The number of alkyl halides is 15. The van der Waals surface area contributed by atoms with E-state index in [1.165, 1.54) is 0 Å². The third-order valence-electron chi connectivity index (χ3n) is 2.85. The van der Waals surface area contributed by atoms with Gasteiger partial charge < -0.3 is 0 Å². The molecule has 0 aromatic heterocycles. The molecule has 23 heteroatoms. The van der Waals surface area contributed by atoms with Gasteiger partial charge in [-0.2, -0.15) is 74.3 Å². The van der Waals surface area contributed by atoms with Crippen LogP contribution in [0.2, 0.25) is 0 Å². The zero-order valence-electron chi connectivity index (χ0n) is 12.5. The maximum atomic E-state index is 13.3. The smallest absolute Gasteiger partial charge is 0.205 e. The van der Waals surface area contributed by atoms with Crippen LogP contribution >= 0.6 is 10.7 Å². The molecule has 0 aliphatic carbocycles. The van der Waals surface area contributed by atoms with Crippen molar-refractivity contribution in [2.75, 3.05) is 0 Å². The average Bonchev–Trinajstić information content (AvgIpc) is 2.41.